The van der Waals surface area contributed by atoms with Crippen molar-refractivity contribution < 1.29 is 9.53 Å². The number of carbonyl (C=O) groups excluding carboxylic acids is 1. The van der Waals surface area contributed by atoms with Crippen molar-refractivity contribution in [3.63, 3.8) is 0 Å². The zero-order chi connectivity index (χ0) is 12.0. The van der Waals surface area contributed by atoms with E-state index >= 15 is 0 Å². The summed E-state index contributed by atoms with van der Waals surface area (Å²) in [7, 11) is 0. The molecule has 16 heavy (non-hydrogen) atoms. The van der Waals surface area contributed by atoms with Gasteiger partial charge >= 0.3 is 5.97 Å². The third-order valence-corrected chi connectivity index (χ3v) is 2.66. The van der Waals surface area contributed by atoms with Crippen molar-refractivity contribution in [3.05, 3.63) is 16.1 Å². The third kappa shape index (κ3) is 3.04. The van der Waals surface area contributed by atoms with E-state index in [9.17, 15) is 4.79 Å². The number of ether oxygens (including phenoxy) is 1. The summed E-state index contributed by atoms with van der Waals surface area (Å²) in [5.41, 5.74) is 0.536. The first-order valence-electron chi connectivity index (χ1n) is 4.60. The largest absolute Gasteiger partial charge is 0.466 e. The van der Waals surface area contributed by atoms with Gasteiger partial charge in [-0.1, -0.05) is 0 Å². The molecule has 6 heteroatoms. The molecule has 0 spiro atoms. The van der Waals surface area contributed by atoms with Crippen LogP contribution in [0.1, 0.15) is 23.5 Å². The molecule has 0 N–H and O–H groups in total. The van der Waals surface area contributed by atoms with E-state index < -0.39 is 5.92 Å². The normalized spacial score (nSPS) is 9.50. The van der Waals surface area contributed by atoms with Crippen LogP contribution in [0.25, 0.3) is 0 Å². The molecule has 5 nitrogen and oxygen atoms in total. The number of hydrogen-bond acceptors (Lipinski definition) is 6. The summed E-state index contributed by atoms with van der Waals surface area (Å²) < 4.78 is 4.76. The molecule has 0 saturated carbocycles. The summed E-state index contributed by atoms with van der Waals surface area (Å²) >= 11 is 1.20. The van der Waals surface area contributed by atoms with Crippen molar-refractivity contribution in [2.45, 2.75) is 19.3 Å². The van der Waals surface area contributed by atoms with Gasteiger partial charge < -0.3 is 4.74 Å². The number of carbonyl (C=O) groups is 1. The fourth-order valence-electron chi connectivity index (χ4n) is 1.04. The van der Waals surface area contributed by atoms with Gasteiger partial charge in [-0.3, -0.25) is 4.79 Å². The van der Waals surface area contributed by atoms with Gasteiger partial charge in [0.05, 0.1) is 30.9 Å². The maximum absolute atomic E-state index is 11.1. The molecule has 0 bridgehead atoms. The molecule has 0 aliphatic heterocycles. The molecule has 1 aromatic rings. The highest BCUT2D eigenvalue weighted by atomic mass is 32.1. The van der Waals surface area contributed by atoms with Gasteiger partial charge in [-0.25, -0.2) is 4.98 Å². The van der Waals surface area contributed by atoms with E-state index in [-0.39, 0.29) is 12.4 Å². The zero-order valence-corrected chi connectivity index (χ0v) is 9.45. The molecule has 0 fully saturated rings. The topological polar surface area (TPSA) is 86.8 Å². The number of rotatable bonds is 4. The first-order valence-corrected chi connectivity index (χ1v) is 5.48. The van der Waals surface area contributed by atoms with E-state index in [0.29, 0.717) is 17.3 Å². The van der Waals surface area contributed by atoms with Gasteiger partial charge in [0.15, 0.2) is 5.92 Å². The van der Waals surface area contributed by atoms with Crippen LogP contribution >= 0.6 is 11.3 Å². The van der Waals surface area contributed by atoms with Crippen LogP contribution in [-0.2, 0) is 16.0 Å². The molecule has 1 aromatic heterocycles. The standard InChI is InChI=1S/C10H9N3O2S/c1-2-15-9(14)3-8-6-16-10(13-8)7(4-11)5-12/h6-7H,2-3H2,1H3. The molecular formula is C10H9N3O2S. The molecule has 0 unspecified atom stereocenters. The van der Waals surface area contributed by atoms with Crippen LogP contribution in [0.15, 0.2) is 5.38 Å². The molecule has 1 rings (SSSR count). The number of aromatic nitrogens is 1. The van der Waals surface area contributed by atoms with Crippen LogP contribution in [0.2, 0.25) is 0 Å². The minimum atomic E-state index is -0.860. The predicted octanol–water partition coefficient (Wildman–Crippen LogP) is 1.38. The highest BCUT2D eigenvalue weighted by molar-refractivity contribution is 7.09. The van der Waals surface area contributed by atoms with Gasteiger partial charge in [0.2, 0.25) is 0 Å². The summed E-state index contributed by atoms with van der Waals surface area (Å²) in [5.74, 6) is -1.22. The lowest BCUT2D eigenvalue weighted by atomic mass is 10.2. The van der Waals surface area contributed by atoms with Crippen molar-refractivity contribution >= 4 is 17.3 Å². The zero-order valence-electron chi connectivity index (χ0n) is 8.64. The van der Waals surface area contributed by atoms with Gasteiger partial charge in [0, 0.05) is 5.38 Å². The van der Waals surface area contributed by atoms with Gasteiger partial charge in [0.1, 0.15) is 5.01 Å². The monoisotopic (exact) mass is 235 g/mol. The number of nitriles is 2. The molecule has 0 aromatic carbocycles. The smallest absolute Gasteiger partial charge is 0.311 e. The first kappa shape index (κ1) is 12.2. The average Bonchev–Trinajstić information content (AvgIpc) is 2.68. The van der Waals surface area contributed by atoms with Crippen molar-refractivity contribution in [3.8, 4) is 12.1 Å². The van der Waals surface area contributed by atoms with Crippen molar-refractivity contribution in [2.24, 2.45) is 0 Å². The second-order valence-corrected chi connectivity index (χ2v) is 3.74. The molecule has 0 aliphatic rings. The summed E-state index contributed by atoms with van der Waals surface area (Å²) in [6.45, 7) is 2.06. The van der Waals surface area contributed by atoms with E-state index in [0.717, 1.165) is 0 Å². The fourth-order valence-corrected chi connectivity index (χ4v) is 1.84. The lowest BCUT2D eigenvalue weighted by molar-refractivity contribution is -0.142. The summed E-state index contributed by atoms with van der Waals surface area (Å²) in [4.78, 5) is 15.2. The van der Waals surface area contributed by atoms with Gasteiger partial charge in [-0.2, -0.15) is 10.5 Å². The maximum Gasteiger partial charge on any atom is 0.311 e. The van der Waals surface area contributed by atoms with Crippen molar-refractivity contribution in [2.75, 3.05) is 6.61 Å². The Kier molecular flexibility index (Phi) is 4.43. The lowest BCUT2D eigenvalue weighted by Crippen LogP contribution is -2.07. The Morgan fingerprint density at radius 3 is 2.88 bits per heavy atom. The molecule has 82 valence electrons. The Morgan fingerprint density at radius 2 is 2.31 bits per heavy atom. The summed E-state index contributed by atoms with van der Waals surface area (Å²) in [5, 5.41) is 19.4. The minimum Gasteiger partial charge on any atom is -0.466 e. The minimum absolute atomic E-state index is 0.0773. The second kappa shape index (κ2) is 5.84. The Balaban J connectivity index is 2.70. The highest BCUT2D eigenvalue weighted by Gasteiger charge is 2.15. The molecular weight excluding hydrogens is 226 g/mol. The SMILES string of the molecule is CCOC(=O)Cc1csc(C(C#N)C#N)n1. The van der Waals surface area contributed by atoms with Crippen LogP contribution in [0.5, 0.6) is 0 Å². The van der Waals surface area contributed by atoms with Crippen LogP contribution in [-0.4, -0.2) is 17.6 Å². The van der Waals surface area contributed by atoms with Crippen LogP contribution in [0, 0.1) is 22.7 Å². The van der Waals surface area contributed by atoms with E-state index in [1.54, 1.807) is 12.3 Å². The number of esters is 1. The van der Waals surface area contributed by atoms with E-state index in [2.05, 4.69) is 4.98 Å². The average molecular weight is 235 g/mol. The number of hydrogen-bond donors (Lipinski definition) is 0. The second-order valence-electron chi connectivity index (χ2n) is 2.85. The van der Waals surface area contributed by atoms with Gasteiger partial charge in [0.25, 0.3) is 0 Å². The van der Waals surface area contributed by atoms with E-state index in [1.165, 1.54) is 11.3 Å². The molecule has 0 radical (unpaired) electrons. The van der Waals surface area contributed by atoms with Crippen molar-refractivity contribution in [1.82, 2.24) is 4.98 Å². The lowest BCUT2D eigenvalue weighted by Gasteiger charge is -1.98. The molecule has 0 atom stereocenters. The van der Waals surface area contributed by atoms with E-state index in [4.69, 9.17) is 15.3 Å². The molecule has 0 saturated heterocycles. The Labute approximate surface area is 96.9 Å². The summed E-state index contributed by atoms with van der Waals surface area (Å²) in [6, 6.07) is 3.66. The van der Waals surface area contributed by atoms with E-state index in [1.807, 2.05) is 12.1 Å². The number of nitrogens with zero attached hydrogens (tertiary/aromatic N) is 3. The Morgan fingerprint density at radius 1 is 1.62 bits per heavy atom. The predicted molar refractivity (Wildman–Crippen MR) is 56.4 cm³/mol. The molecule has 1 heterocycles. The molecule has 0 amide bonds. The van der Waals surface area contributed by atoms with Crippen LogP contribution in [0.4, 0.5) is 0 Å². The quantitative estimate of drug-likeness (QED) is 0.736. The van der Waals surface area contributed by atoms with Crippen LogP contribution < -0.4 is 0 Å². The maximum atomic E-state index is 11.1. The van der Waals surface area contributed by atoms with Gasteiger partial charge in [-0.05, 0) is 6.92 Å². The number of thiazole rings is 1. The summed E-state index contributed by atoms with van der Waals surface area (Å²) in [6.07, 6.45) is 0.0773. The van der Waals surface area contributed by atoms with Gasteiger partial charge in [-0.15, -0.1) is 11.3 Å². The third-order valence-electron chi connectivity index (χ3n) is 1.71. The Hall–Kier alpha value is -1.92. The highest BCUT2D eigenvalue weighted by Crippen LogP contribution is 2.19. The van der Waals surface area contributed by atoms with Crippen LogP contribution in [0.3, 0.4) is 0 Å². The molecule has 0 aliphatic carbocycles. The first-order chi connectivity index (χ1) is 7.71. The fraction of sp³-hybridized carbons (Fsp3) is 0.400. The van der Waals surface area contributed by atoms with Crippen molar-refractivity contribution in [1.29, 1.82) is 10.5 Å². The Bertz CT molecular complexity index is 441.